The molecule has 1 atom stereocenters. The summed E-state index contributed by atoms with van der Waals surface area (Å²) in [5, 5.41) is 8.91. The van der Waals surface area contributed by atoms with Crippen LogP contribution in [0.2, 0.25) is 0 Å². The highest BCUT2D eigenvalue weighted by Gasteiger charge is 2.08. The van der Waals surface area contributed by atoms with E-state index in [1.807, 2.05) is 12.1 Å². The van der Waals surface area contributed by atoms with Crippen LogP contribution in [0.1, 0.15) is 15.9 Å². The van der Waals surface area contributed by atoms with Crippen LogP contribution in [0.5, 0.6) is 0 Å². The van der Waals surface area contributed by atoms with E-state index in [4.69, 9.17) is 5.11 Å². The molecule has 0 aliphatic carbocycles. The summed E-state index contributed by atoms with van der Waals surface area (Å²) < 4.78 is 13.1. The number of benzene rings is 2. The van der Waals surface area contributed by atoms with Gasteiger partial charge < -0.3 is 5.11 Å². The molecule has 0 saturated carbocycles. The lowest BCUT2D eigenvalue weighted by atomic mass is 10.1. The highest BCUT2D eigenvalue weighted by atomic mass is 79.9. The van der Waals surface area contributed by atoms with Gasteiger partial charge in [0.25, 0.3) is 0 Å². The summed E-state index contributed by atoms with van der Waals surface area (Å²) in [6.45, 7) is 0. The molecule has 0 amide bonds. The van der Waals surface area contributed by atoms with Gasteiger partial charge in [0.2, 0.25) is 0 Å². The second kappa shape index (κ2) is 6.12. The molecule has 1 unspecified atom stereocenters. The third-order valence-electron chi connectivity index (χ3n) is 2.53. The van der Waals surface area contributed by atoms with Gasteiger partial charge in [-0.1, -0.05) is 34.1 Å². The predicted octanol–water partition coefficient (Wildman–Crippen LogP) is 3.46. The fraction of sp³-hybridized carbons (Fsp3) is 0.0714. The van der Waals surface area contributed by atoms with Crippen LogP contribution in [0.4, 0.5) is 0 Å². The van der Waals surface area contributed by atoms with Crippen molar-refractivity contribution in [2.24, 2.45) is 0 Å². The molecule has 1 N–H and O–H groups in total. The quantitative estimate of drug-likeness (QED) is 0.928. The van der Waals surface area contributed by atoms with Gasteiger partial charge in [0.1, 0.15) is 0 Å². The van der Waals surface area contributed by atoms with E-state index in [-0.39, 0.29) is 5.56 Å². The zero-order chi connectivity index (χ0) is 13.8. The lowest BCUT2D eigenvalue weighted by Crippen LogP contribution is -2.00. The van der Waals surface area contributed by atoms with E-state index < -0.39 is 16.8 Å². The summed E-state index contributed by atoms with van der Waals surface area (Å²) in [6, 6.07) is 13.8. The molecule has 5 heteroatoms. The van der Waals surface area contributed by atoms with Crippen LogP contribution < -0.4 is 0 Å². The number of carboxylic acids is 1. The molecule has 0 aromatic heterocycles. The predicted molar refractivity (Wildman–Crippen MR) is 77.7 cm³/mol. The zero-order valence-corrected chi connectivity index (χ0v) is 12.3. The molecule has 2 rings (SSSR count). The van der Waals surface area contributed by atoms with Crippen molar-refractivity contribution in [1.29, 1.82) is 0 Å². The third-order valence-corrected chi connectivity index (χ3v) is 4.40. The topological polar surface area (TPSA) is 54.4 Å². The van der Waals surface area contributed by atoms with Crippen molar-refractivity contribution in [3.63, 3.8) is 0 Å². The normalized spacial score (nSPS) is 12.1. The molecule has 0 aliphatic rings. The molecule has 2 aromatic rings. The number of carbonyl (C=O) groups is 1. The van der Waals surface area contributed by atoms with Crippen molar-refractivity contribution in [1.82, 2.24) is 0 Å². The summed E-state index contributed by atoms with van der Waals surface area (Å²) in [5.41, 5.74) is 0.960. The van der Waals surface area contributed by atoms with Crippen LogP contribution in [0, 0.1) is 0 Å². The van der Waals surface area contributed by atoms with Gasteiger partial charge in [-0.2, -0.15) is 0 Å². The van der Waals surface area contributed by atoms with Gasteiger partial charge in [-0.3, -0.25) is 4.21 Å². The molecule has 98 valence electrons. The summed E-state index contributed by atoms with van der Waals surface area (Å²) in [6.07, 6.45) is 0. The molecule has 0 heterocycles. The van der Waals surface area contributed by atoms with E-state index in [1.165, 1.54) is 6.07 Å². The molecule has 0 saturated heterocycles. The molecule has 0 aliphatic heterocycles. The Labute approximate surface area is 121 Å². The Morgan fingerprint density at radius 1 is 1.16 bits per heavy atom. The van der Waals surface area contributed by atoms with Crippen molar-refractivity contribution in [3.05, 3.63) is 64.1 Å². The molecule has 3 nitrogen and oxygen atoms in total. The third kappa shape index (κ3) is 3.75. The minimum Gasteiger partial charge on any atom is -0.478 e. The Morgan fingerprint density at radius 3 is 2.58 bits per heavy atom. The van der Waals surface area contributed by atoms with Crippen LogP contribution in [0.3, 0.4) is 0 Å². The summed E-state index contributed by atoms with van der Waals surface area (Å²) in [4.78, 5) is 11.6. The number of hydrogen-bond acceptors (Lipinski definition) is 2. The van der Waals surface area contributed by atoms with Gasteiger partial charge in [0.15, 0.2) is 0 Å². The standard InChI is InChI=1S/C14H11BrO3S/c15-12-5-2-6-13(8-12)19(18)9-10-3-1-4-11(7-10)14(16)17/h1-8H,9H2,(H,16,17). The summed E-state index contributed by atoms with van der Waals surface area (Å²) >= 11 is 3.33. The maximum Gasteiger partial charge on any atom is 0.335 e. The maximum absolute atomic E-state index is 12.2. The van der Waals surface area contributed by atoms with Crippen molar-refractivity contribution >= 4 is 32.7 Å². The van der Waals surface area contributed by atoms with E-state index in [0.717, 1.165) is 14.9 Å². The van der Waals surface area contributed by atoms with Gasteiger partial charge in [0.05, 0.1) is 22.1 Å². The molecule has 2 aromatic carbocycles. The first-order valence-electron chi connectivity index (χ1n) is 5.52. The second-order valence-electron chi connectivity index (χ2n) is 3.95. The van der Waals surface area contributed by atoms with Crippen LogP contribution in [-0.2, 0) is 16.6 Å². The van der Waals surface area contributed by atoms with E-state index in [0.29, 0.717) is 5.75 Å². The SMILES string of the molecule is O=C(O)c1cccc(CS(=O)c2cccc(Br)c2)c1. The summed E-state index contributed by atoms with van der Waals surface area (Å²) in [7, 11) is -1.19. The lowest BCUT2D eigenvalue weighted by molar-refractivity contribution is 0.0697. The largest absolute Gasteiger partial charge is 0.478 e. The number of rotatable bonds is 4. The van der Waals surface area contributed by atoms with Gasteiger partial charge >= 0.3 is 5.97 Å². The van der Waals surface area contributed by atoms with Crippen LogP contribution in [-0.4, -0.2) is 15.3 Å². The number of halogens is 1. The van der Waals surface area contributed by atoms with Crippen molar-refractivity contribution in [3.8, 4) is 0 Å². The lowest BCUT2D eigenvalue weighted by Gasteiger charge is -2.04. The monoisotopic (exact) mass is 338 g/mol. The Morgan fingerprint density at radius 2 is 1.89 bits per heavy atom. The van der Waals surface area contributed by atoms with Gasteiger partial charge in [-0.05, 0) is 35.9 Å². The highest BCUT2D eigenvalue weighted by molar-refractivity contribution is 9.10. The molecule has 0 spiro atoms. The smallest absolute Gasteiger partial charge is 0.335 e. The number of carboxylic acid groups (broad SMARTS) is 1. The Hall–Kier alpha value is -1.46. The molecule has 19 heavy (non-hydrogen) atoms. The van der Waals surface area contributed by atoms with Crippen LogP contribution in [0.25, 0.3) is 0 Å². The first kappa shape index (κ1) is 14.0. The second-order valence-corrected chi connectivity index (χ2v) is 6.32. The number of hydrogen-bond donors (Lipinski definition) is 1. The van der Waals surface area contributed by atoms with Crippen molar-refractivity contribution < 1.29 is 14.1 Å². The minimum absolute atomic E-state index is 0.212. The van der Waals surface area contributed by atoms with Crippen molar-refractivity contribution in [2.45, 2.75) is 10.6 Å². The van der Waals surface area contributed by atoms with Crippen LogP contribution >= 0.6 is 15.9 Å². The fourth-order valence-corrected chi connectivity index (χ4v) is 3.33. The summed E-state index contributed by atoms with van der Waals surface area (Å²) in [5.74, 6) is -0.674. The van der Waals surface area contributed by atoms with E-state index in [1.54, 1.807) is 30.3 Å². The Kier molecular flexibility index (Phi) is 4.50. The average molecular weight is 339 g/mol. The minimum atomic E-state index is -1.19. The Bertz CT molecular complexity index is 640. The van der Waals surface area contributed by atoms with Gasteiger partial charge in [-0.15, -0.1) is 0 Å². The molecule has 0 radical (unpaired) electrons. The average Bonchev–Trinajstić information content (AvgIpc) is 2.39. The molecular formula is C14H11BrO3S. The van der Waals surface area contributed by atoms with Gasteiger partial charge in [-0.25, -0.2) is 4.79 Å². The number of aromatic carboxylic acids is 1. The van der Waals surface area contributed by atoms with E-state index >= 15 is 0 Å². The maximum atomic E-state index is 12.2. The first-order valence-corrected chi connectivity index (χ1v) is 7.63. The molecule has 0 bridgehead atoms. The molecule has 0 fully saturated rings. The zero-order valence-electron chi connectivity index (χ0n) is 9.88. The van der Waals surface area contributed by atoms with Crippen LogP contribution in [0.15, 0.2) is 57.9 Å². The first-order chi connectivity index (χ1) is 9.06. The fourth-order valence-electron chi connectivity index (χ4n) is 1.64. The highest BCUT2D eigenvalue weighted by Crippen LogP contribution is 2.18. The Balaban J connectivity index is 2.19. The van der Waals surface area contributed by atoms with E-state index in [9.17, 15) is 9.00 Å². The van der Waals surface area contributed by atoms with Gasteiger partial charge in [0, 0.05) is 9.37 Å². The van der Waals surface area contributed by atoms with Crippen molar-refractivity contribution in [2.75, 3.05) is 0 Å². The molecular weight excluding hydrogens is 328 g/mol. The van der Waals surface area contributed by atoms with E-state index in [2.05, 4.69) is 15.9 Å².